The SMILES string of the molecule is O=C(NCC1CC1)[C@@H]1Cc2cc([N+](=O)[O-])ccc2N2CC3CC(Cn4c3cccc4=O)[C@@H]12. The summed E-state index contributed by atoms with van der Waals surface area (Å²) in [6, 6.07) is 10.5. The smallest absolute Gasteiger partial charge is 0.269 e. The molecule has 0 radical (unpaired) electrons. The van der Waals surface area contributed by atoms with Crippen LogP contribution in [0.3, 0.4) is 0 Å². The number of carbonyl (C=O) groups excluding carboxylic acids is 1. The first-order chi connectivity index (χ1) is 15.5. The lowest BCUT2D eigenvalue weighted by atomic mass is 9.70. The quantitative estimate of drug-likeness (QED) is 0.589. The van der Waals surface area contributed by atoms with Crippen molar-refractivity contribution >= 4 is 17.3 Å². The van der Waals surface area contributed by atoms with Gasteiger partial charge in [-0.05, 0) is 55.2 Å². The number of piperidine rings is 1. The summed E-state index contributed by atoms with van der Waals surface area (Å²) >= 11 is 0. The number of hydrogen-bond donors (Lipinski definition) is 1. The number of aromatic nitrogens is 1. The highest BCUT2D eigenvalue weighted by atomic mass is 16.6. The van der Waals surface area contributed by atoms with Crippen LogP contribution in [0, 0.1) is 27.9 Å². The van der Waals surface area contributed by atoms with Crippen LogP contribution in [0.25, 0.3) is 0 Å². The second-order valence-electron chi connectivity index (χ2n) is 9.80. The first-order valence-electron chi connectivity index (χ1n) is 11.5. The van der Waals surface area contributed by atoms with E-state index in [4.69, 9.17) is 0 Å². The summed E-state index contributed by atoms with van der Waals surface area (Å²) in [7, 11) is 0. The van der Waals surface area contributed by atoms with Crippen LogP contribution >= 0.6 is 0 Å². The Balaban J connectivity index is 1.41. The first-order valence-corrected chi connectivity index (χ1v) is 11.5. The summed E-state index contributed by atoms with van der Waals surface area (Å²) in [5, 5.41) is 14.5. The van der Waals surface area contributed by atoms with Gasteiger partial charge in [0.25, 0.3) is 11.2 Å². The Labute approximate surface area is 185 Å². The molecule has 32 heavy (non-hydrogen) atoms. The molecule has 1 N–H and O–H groups in total. The van der Waals surface area contributed by atoms with Gasteiger partial charge in [-0.1, -0.05) is 6.07 Å². The zero-order valence-electron chi connectivity index (χ0n) is 17.8. The molecular formula is C24H26N4O4. The van der Waals surface area contributed by atoms with Crippen LogP contribution < -0.4 is 15.8 Å². The van der Waals surface area contributed by atoms with E-state index in [2.05, 4.69) is 10.2 Å². The van der Waals surface area contributed by atoms with Crippen molar-refractivity contribution in [3.63, 3.8) is 0 Å². The number of hydrogen-bond acceptors (Lipinski definition) is 5. The number of nitro groups is 1. The minimum absolute atomic E-state index is 0.0142. The van der Waals surface area contributed by atoms with Crippen LogP contribution in [0.5, 0.6) is 0 Å². The van der Waals surface area contributed by atoms with Crippen molar-refractivity contribution < 1.29 is 9.72 Å². The molecule has 3 aliphatic heterocycles. The number of nitrogens with one attached hydrogen (secondary N) is 1. The number of pyridine rings is 1. The van der Waals surface area contributed by atoms with Crippen LogP contribution in [0.2, 0.25) is 0 Å². The molecular weight excluding hydrogens is 408 g/mol. The molecule has 4 atom stereocenters. The summed E-state index contributed by atoms with van der Waals surface area (Å²) in [5.41, 5.74) is 3.00. The number of carbonyl (C=O) groups is 1. The van der Waals surface area contributed by atoms with E-state index in [1.807, 2.05) is 22.8 Å². The van der Waals surface area contributed by atoms with Gasteiger partial charge in [-0.15, -0.1) is 0 Å². The number of amides is 1. The average molecular weight is 434 g/mol. The fourth-order valence-corrected chi connectivity index (χ4v) is 6.15. The van der Waals surface area contributed by atoms with E-state index in [-0.39, 0.29) is 45.9 Å². The van der Waals surface area contributed by atoms with Gasteiger partial charge < -0.3 is 14.8 Å². The summed E-state index contributed by atoms with van der Waals surface area (Å²) in [5.74, 6) is 0.725. The lowest BCUT2D eigenvalue weighted by molar-refractivity contribution is -0.384. The van der Waals surface area contributed by atoms with Gasteiger partial charge in [-0.2, -0.15) is 0 Å². The van der Waals surface area contributed by atoms with Crippen molar-refractivity contribution in [3.8, 4) is 0 Å². The predicted octanol–water partition coefficient (Wildman–Crippen LogP) is 2.45. The summed E-state index contributed by atoms with van der Waals surface area (Å²) in [4.78, 5) is 39.2. The molecule has 4 aliphatic rings. The van der Waals surface area contributed by atoms with E-state index >= 15 is 0 Å². The van der Waals surface area contributed by atoms with Crippen molar-refractivity contribution in [3.05, 3.63) is 68.1 Å². The second-order valence-corrected chi connectivity index (χ2v) is 9.80. The molecule has 4 heterocycles. The Morgan fingerprint density at radius 3 is 2.81 bits per heavy atom. The number of non-ortho nitro benzene ring substituents is 1. The minimum Gasteiger partial charge on any atom is -0.366 e. The lowest BCUT2D eigenvalue weighted by Gasteiger charge is -2.54. The molecule has 166 valence electrons. The third kappa shape index (κ3) is 3.12. The van der Waals surface area contributed by atoms with Gasteiger partial charge in [0, 0.05) is 61.2 Å². The van der Waals surface area contributed by atoms with E-state index in [0.717, 1.165) is 23.4 Å². The average Bonchev–Trinajstić information content (AvgIpc) is 3.62. The van der Waals surface area contributed by atoms with Crippen molar-refractivity contribution in [2.24, 2.45) is 17.8 Å². The van der Waals surface area contributed by atoms with Crippen molar-refractivity contribution in [2.45, 2.75) is 44.2 Å². The molecule has 8 nitrogen and oxygen atoms in total. The molecule has 1 saturated heterocycles. The molecule has 2 unspecified atom stereocenters. The number of fused-ring (bicyclic) bond motifs is 8. The summed E-state index contributed by atoms with van der Waals surface area (Å²) in [6.45, 7) is 2.03. The fraction of sp³-hybridized carbons (Fsp3) is 0.500. The maximum absolute atomic E-state index is 13.3. The van der Waals surface area contributed by atoms with Crippen LogP contribution in [-0.4, -0.2) is 34.5 Å². The highest BCUT2D eigenvalue weighted by Crippen LogP contribution is 2.47. The third-order valence-electron chi connectivity index (χ3n) is 7.80. The summed E-state index contributed by atoms with van der Waals surface area (Å²) in [6.07, 6.45) is 3.78. The maximum Gasteiger partial charge on any atom is 0.269 e. The molecule has 2 fully saturated rings. The number of benzene rings is 1. The molecule has 1 aromatic carbocycles. The predicted molar refractivity (Wildman–Crippen MR) is 119 cm³/mol. The fourth-order valence-electron chi connectivity index (χ4n) is 6.15. The Hall–Kier alpha value is -3.16. The number of nitrogens with zero attached hydrogens (tertiary/aromatic N) is 3. The van der Waals surface area contributed by atoms with Gasteiger partial charge >= 0.3 is 0 Å². The number of anilines is 1. The van der Waals surface area contributed by atoms with Crippen LogP contribution in [0.1, 0.15) is 36.4 Å². The van der Waals surface area contributed by atoms with Crippen LogP contribution in [0.15, 0.2) is 41.2 Å². The zero-order chi connectivity index (χ0) is 22.0. The monoisotopic (exact) mass is 434 g/mol. The molecule has 1 aliphatic carbocycles. The normalized spacial score (nSPS) is 27.7. The molecule has 6 rings (SSSR count). The zero-order valence-corrected chi connectivity index (χ0v) is 17.8. The number of nitro benzene ring substituents is 1. The van der Waals surface area contributed by atoms with E-state index in [9.17, 15) is 19.7 Å². The van der Waals surface area contributed by atoms with Gasteiger partial charge in [0.1, 0.15) is 0 Å². The highest BCUT2D eigenvalue weighted by molar-refractivity contribution is 5.82. The van der Waals surface area contributed by atoms with E-state index < -0.39 is 0 Å². The minimum atomic E-state index is -0.373. The molecule has 1 saturated carbocycles. The Bertz CT molecular complexity index is 1170. The van der Waals surface area contributed by atoms with Crippen LogP contribution in [0.4, 0.5) is 11.4 Å². The largest absolute Gasteiger partial charge is 0.366 e. The van der Waals surface area contributed by atoms with Crippen molar-refractivity contribution in [1.29, 1.82) is 0 Å². The second kappa shape index (κ2) is 7.18. The van der Waals surface area contributed by atoms with E-state index in [1.54, 1.807) is 18.2 Å². The van der Waals surface area contributed by atoms with Crippen LogP contribution in [-0.2, 0) is 17.8 Å². The van der Waals surface area contributed by atoms with Crippen molar-refractivity contribution in [1.82, 2.24) is 9.88 Å². The Kier molecular flexibility index (Phi) is 4.38. The molecule has 8 heteroatoms. The van der Waals surface area contributed by atoms with Gasteiger partial charge in [0.2, 0.25) is 5.91 Å². The first kappa shape index (κ1) is 19.5. The lowest BCUT2D eigenvalue weighted by Crippen LogP contribution is -2.61. The third-order valence-corrected chi connectivity index (χ3v) is 7.80. The topological polar surface area (TPSA) is 97.5 Å². The van der Waals surface area contributed by atoms with Crippen molar-refractivity contribution in [2.75, 3.05) is 18.0 Å². The molecule has 2 aromatic rings. The molecule has 1 aromatic heterocycles. The van der Waals surface area contributed by atoms with Gasteiger partial charge in [-0.3, -0.25) is 19.7 Å². The Morgan fingerprint density at radius 2 is 2.03 bits per heavy atom. The number of rotatable bonds is 4. The van der Waals surface area contributed by atoms with Gasteiger partial charge in [0.15, 0.2) is 0 Å². The molecule has 0 spiro atoms. The van der Waals surface area contributed by atoms with E-state index in [1.165, 1.54) is 12.8 Å². The van der Waals surface area contributed by atoms with E-state index in [0.29, 0.717) is 32.0 Å². The molecule has 2 bridgehead atoms. The summed E-state index contributed by atoms with van der Waals surface area (Å²) < 4.78 is 1.89. The van der Waals surface area contributed by atoms with Gasteiger partial charge in [-0.25, -0.2) is 0 Å². The van der Waals surface area contributed by atoms with Gasteiger partial charge in [0.05, 0.1) is 10.8 Å². The standard InChI is InChI=1S/C24H26N4O4/c29-22-3-1-2-20-16-8-17(13-26(20)22)23-19(24(30)25-11-14-4-5-14)10-15-9-18(28(31)32)6-7-21(15)27(23)12-16/h1-3,6-7,9,14,16-17,19,23H,4-5,8,10-13H2,(H,25,30)/t16?,17?,19-,23+/m1/s1. The molecule has 1 amide bonds. The maximum atomic E-state index is 13.3. The Morgan fingerprint density at radius 1 is 1.19 bits per heavy atom. The highest BCUT2D eigenvalue weighted by Gasteiger charge is 2.49.